The molecule has 0 unspecified atom stereocenters. The number of nitrogens with zero attached hydrogens (tertiary/aromatic N) is 4. The molecule has 0 bridgehead atoms. The van der Waals surface area contributed by atoms with Crippen LogP contribution in [0.25, 0.3) is 20.8 Å². The van der Waals surface area contributed by atoms with Gasteiger partial charge in [0.25, 0.3) is 0 Å². The number of alkyl halides is 3. The van der Waals surface area contributed by atoms with Gasteiger partial charge in [-0.3, -0.25) is 4.98 Å². The molecule has 5 rings (SSSR count). The van der Waals surface area contributed by atoms with Gasteiger partial charge >= 0.3 is 6.36 Å². The maximum atomic E-state index is 12.5. The third-order valence-electron chi connectivity index (χ3n) is 6.87. The summed E-state index contributed by atoms with van der Waals surface area (Å²) in [5.41, 5.74) is 1.36. The highest BCUT2D eigenvalue weighted by molar-refractivity contribution is 7.21. The van der Waals surface area contributed by atoms with Crippen molar-refractivity contribution >= 4 is 33.3 Å². The summed E-state index contributed by atoms with van der Waals surface area (Å²) in [5.74, 6) is 0.415. The minimum atomic E-state index is -4.76. The van der Waals surface area contributed by atoms with Gasteiger partial charge in [0.15, 0.2) is 0 Å². The summed E-state index contributed by atoms with van der Waals surface area (Å²) < 4.78 is 42.4. The molecule has 4 N–H and O–H groups in total. The molecule has 3 heterocycles. The average molecular weight is 561 g/mol. The van der Waals surface area contributed by atoms with Gasteiger partial charge in [-0.15, -0.1) is 24.5 Å². The molecule has 3 aromatic heterocycles. The number of ether oxygens (including phenoxy) is 1. The molecule has 206 valence electrons. The number of benzene rings is 1. The van der Waals surface area contributed by atoms with Crippen LogP contribution in [0.15, 0.2) is 42.7 Å². The third-order valence-corrected chi connectivity index (χ3v) is 7.93. The van der Waals surface area contributed by atoms with E-state index >= 15 is 0 Å². The lowest BCUT2D eigenvalue weighted by Gasteiger charge is -2.30. The molecule has 9 nitrogen and oxygen atoms in total. The second kappa shape index (κ2) is 10.2. The first-order valence-electron chi connectivity index (χ1n) is 12.3. The Morgan fingerprint density at radius 1 is 1.13 bits per heavy atom. The molecular formula is C26H27F3N6O3S. The third kappa shape index (κ3) is 5.75. The molecule has 1 saturated carbocycles. The van der Waals surface area contributed by atoms with Gasteiger partial charge in [0, 0.05) is 6.20 Å². The molecule has 1 aromatic carbocycles. The van der Waals surface area contributed by atoms with E-state index < -0.39 is 24.1 Å². The summed E-state index contributed by atoms with van der Waals surface area (Å²) in [6, 6.07) is 6.62. The average Bonchev–Trinajstić information content (AvgIpc) is 3.39. The van der Waals surface area contributed by atoms with Crippen LogP contribution in [0.5, 0.6) is 5.75 Å². The predicted molar refractivity (Wildman–Crippen MR) is 142 cm³/mol. The van der Waals surface area contributed by atoms with Gasteiger partial charge in [-0.1, -0.05) is 12.1 Å². The molecule has 0 spiro atoms. The quantitative estimate of drug-likeness (QED) is 0.241. The van der Waals surface area contributed by atoms with Crippen molar-refractivity contribution < 1.29 is 28.1 Å². The van der Waals surface area contributed by atoms with Crippen molar-refractivity contribution in [3.05, 3.63) is 54.0 Å². The van der Waals surface area contributed by atoms with E-state index in [-0.39, 0.29) is 17.7 Å². The van der Waals surface area contributed by atoms with E-state index in [1.807, 2.05) is 19.9 Å². The van der Waals surface area contributed by atoms with Gasteiger partial charge < -0.3 is 25.6 Å². The number of aliphatic hydroxyl groups excluding tert-OH is 1. The second-order valence-corrected chi connectivity index (χ2v) is 10.7. The molecule has 13 heteroatoms. The van der Waals surface area contributed by atoms with E-state index in [0.717, 1.165) is 10.2 Å². The van der Waals surface area contributed by atoms with Gasteiger partial charge in [-0.25, -0.2) is 9.97 Å². The number of hydrogen-bond donors (Lipinski definition) is 4. The molecule has 0 radical (unpaired) electrons. The normalized spacial score (nSPS) is 22.2. The van der Waals surface area contributed by atoms with E-state index in [1.165, 1.54) is 35.6 Å². The summed E-state index contributed by atoms with van der Waals surface area (Å²) in [5, 5.41) is 28.4. The number of aliphatic hydroxyl groups is 2. The van der Waals surface area contributed by atoms with E-state index in [4.69, 9.17) is 9.97 Å². The highest BCUT2D eigenvalue weighted by Crippen LogP contribution is 2.39. The van der Waals surface area contributed by atoms with Gasteiger partial charge in [0.1, 0.15) is 27.7 Å². The van der Waals surface area contributed by atoms with Crippen molar-refractivity contribution in [3.63, 3.8) is 0 Å². The number of hydrogen-bond acceptors (Lipinski definition) is 10. The number of rotatable bonds is 7. The number of halogens is 3. The minimum Gasteiger partial charge on any atom is -0.406 e. The molecule has 0 aliphatic heterocycles. The van der Waals surface area contributed by atoms with Crippen molar-refractivity contribution in [2.24, 2.45) is 0 Å². The Labute approximate surface area is 226 Å². The Morgan fingerprint density at radius 2 is 1.87 bits per heavy atom. The molecule has 39 heavy (non-hydrogen) atoms. The number of pyridine rings is 1. The molecule has 4 atom stereocenters. The van der Waals surface area contributed by atoms with Gasteiger partial charge in [-0.2, -0.15) is 4.98 Å². The van der Waals surface area contributed by atoms with Crippen LogP contribution in [-0.2, 0) is 0 Å². The highest BCUT2D eigenvalue weighted by Gasteiger charge is 2.45. The fourth-order valence-electron chi connectivity index (χ4n) is 4.64. The fourth-order valence-corrected chi connectivity index (χ4v) is 5.68. The Hall–Kier alpha value is -3.55. The SMILES string of the molecule is Cc1nc(N[C@H](C)c2ccc(OC(F)(F)F)cc2)nc(N[C@@H]2CC[C@@H](O)[C@@]2(C)O)c1-c1nc2cnccc2s1. The highest BCUT2D eigenvalue weighted by atomic mass is 32.1. The van der Waals surface area contributed by atoms with Gasteiger partial charge in [0.2, 0.25) is 5.95 Å². The molecule has 1 fully saturated rings. The van der Waals surface area contributed by atoms with Crippen LogP contribution in [0.1, 0.15) is 44.0 Å². The van der Waals surface area contributed by atoms with E-state index in [1.54, 1.807) is 19.3 Å². The number of aromatic nitrogens is 4. The number of nitrogens with one attached hydrogen (secondary N) is 2. The van der Waals surface area contributed by atoms with Crippen LogP contribution < -0.4 is 15.4 Å². The lowest BCUT2D eigenvalue weighted by molar-refractivity contribution is -0.274. The molecule has 4 aromatic rings. The van der Waals surface area contributed by atoms with Crippen LogP contribution in [0, 0.1) is 6.92 Å². The van der Waals surface area contributed by atoms with Crippen LogP contribution in [0.4, 0.5) is 24.9 Å². The summed E-state index contributed by atoms with van der Waals surface area (Å²) in [6.07, 6.45) is -1.29. The van der Waals surface area contributed by atoms with E-state index in [0.29, 0.717) is 40.5 Å². The smallest absolute Gasteiger partial charge is 0.406 e. The first kappa shape index (κ1) is 27.0. The van der Waals surface area contributed by atoms with E-state index in [9.17, 15) is 23.4 Å². The number of anilines is 2. The van der Waals surface area contributed by atoms with Crippen LogP contribution in [-0.4, -0.2) is 54.3 Å². The lowest BCUT2D eigenvalue weighted by Crippen LogP contribution is -2.47. The van der Waals surface area contributed by atoms with Crippen LogP contribution >= 0.6 is 11.3 Å². The first-order valence-corrected chi connectivity index (χ1v) is 13.1. The number of fused-ring (bicyclic) bond motifs is 1. The maximum absolute atomic E-state index is 12.5. The molecule has 0 amide bonds. The Bertz CT molecular complexity index is 1450. The van der Waals surface area contributed by atoms with Crippen LogP contribution in [0.3, 0.4) is 0 Å². The van der Waals surface area contributed by atoms with Crippen molar-refractivity contribution in [2.45, 2.75) is 63.8 Å². The van der Waals surface area contributed by atoms with Crippen molar-refractivity contribution in [3.8, 4) is 16.3 Å². The largest absolute Gasteiger partial charge is 0.573 e. The van der Waals surface area contributed by atoms with Gasteiger partial charge in [0.05, 0.1) is 40.3 Å². The van der Waals surface area contributed by atoms with Crippen molar-refractivity contribution in [2.75, 3.05) is 10.6 Å². The summed E-state index contributed by atoms with van der Waals surface area (Å²) >= 11 is 1.46. The lowest BCUT2D eigenvalue weighted by atomic mass is 9.98. The number of aryl methyl sites for hydroxylation is 1. The summed E-state index contributed by atoms with van der Waals surface area (Å²) in [4.78, 5) is 18.2. The van der Waals surface area contributed by atoms with Gasteiger partial charge in [-0.05, 0) is 57.4 Å². The molecule has 1 aliphatic carbocycles. The van der Waals surface area contributed by atoms with Crippen molar-refractivity contribution in [1.82, 2.24) is 19.9 Å². The standard InChI is InChI=1S/C26H27F3N6O3S/c1-13(15-4-6-16(7-5-15)38-26(27,28)29)31-24-32-14(2)21(23-33-17-12-30-11-10-18(17)39-23)22(35-24)34-19-8-9-20(36)25(19,3)37/h4-7,10-13,19-20,36-37H,8-9H2,1-3H3,(H2,31,32,34,35)/t13-,19-,20-,25+/m1/s1. The van der Waals surface area contributed by atoms with Crippen LogP contribution in [0.2, 0.25) is 0 Å². The Kier molecular flexibility index (Phi) is 7.08. The fraction of sp³-hybridized carbons (Fsp3) is 0.385. The molecule has 1 aliphatic rings. The Balaban J connectivity index is 1.47. The zero-order chi connectivity index (χ0) is 27.9. The predicted octanol–water partition coefficient (Wildman–Crippen LogP) is 5.21. The molecule has 0 saturated heterocycles. The zero-order valence-corrected chi connectivity index (χ0v) is 22.1. The molecular weight excluding hydrogens is 533 g/mol. The zero-order valence-electron chi connectivity index (χ0n) is 21.3. The Morgan fingerprint density at radius 3 is 2.51 bits per heavy atom. The first-order chi connectivity index (χ1) is 18.4. The van der Waals surface area contributed by atoms with Crippen molar-refractivity contribution in [1.29, 1.82) is 0 Å². The maximum Gasteiger partial charge on any atom is 0.573 e. The minimum absolute atomic E-state index is 0.280. The summed E-state index contributed by atoms with van der Waals surface area (Å²) in [6.45, 7) is 5.25. The monoisotopic (exact) mass is 560 g/mol. The topological polar surface area (TPSA) is 125 Å². The summed E-state index contributed by atoms with van der Waals surface area (Å²) in [7, 11) is 0. The van der Waals surface area contributed by atoms with E-state index in [2.05, 4.69) is 25.3 Å². The number of thiazole rings is 1. The second-order valence-electron chi connectivity index (χ2n) is 9.72.